The van der Waals surface area contributed by atoms with Gasteiger partial charge in [0.25, 0.3) is 0 Å². The molecule has 0 saturated carbocycles. The van der Waals surface area contributed by atoms with E-state index in [1.54, 1.807) is 24.5 Å². The number of alkyl halides is 1. The van der Waals surface area contributed by atoms with Crippen molar-refractivity contribution in [1.82, 2.24) is 9.97 Å². The van der Waals surface area contributed by atoms with Gasteiger partial charge in [-0.15, -0.1) is 11.6 Å². The first-order chi connectivity index (χ1) is 7.75. The second-order valence-electron chi connectivity index (χ2n) is 3.41. The van der Waals surface area contributed by atoms with Gasteiger partial charge in [-0.25, -0.2) is 14.4 Å². The van der Waals surface area contributed by atoms with E-state index < -0.39 is 0 Å². The summed E-state index contributed by atoms with van der Waals surface area (Å²) in [6.07, 6.45) is 3.80. The summed E-state index contributed by atoms with van der Waals surface area (Å²) in [6.45, 7) is 0. The molecule has 0 bridgehead atoms. The van der Waals surface area contributed by atoms with Crippen LogP contribution >= 0.6 is 11.6 Å². The highest BCUT2D eigenvalue weighted by atomic mass is 35.5. The van der Waals surface area contributed by atoms with E-state index in [4.69, 9.17) is 11.6 Å². The first kappa shape index (κ1) is 11.0. The molecule has 1 aromatic heterocycles. The molecule has 1 aromatic carbocycles. The molecule has 16 heavy (non-hydrogen) atoms. The minimum Gasteiger partial charge on any atom is -0.240 e. The smallest absolute Gasteiger partial charge is 0.146 e. The molecule has 0 amide bonds. The van der Waals surface area contributed by atoms with Gasteiger partial charge < -0.3 is 0 Å². The molecule has 0 saturated heterocycles. The highest BCUT2D eigenvalue weighted by Crippen LogP contribution is 2.21. The van der Waals surface area contributed by atoms with Crippen molar-refractivity contribution >= 4 is 11.6 Å². The summed E-state index contributed by atoms with van der Waals surface area (Å²) in [6, 6.07) is 8.11. The SMILES string of the molecule is Fc1cccc(CC(Cl)c2ncccn2)c1. The normalized spacial score (nSPS) is 12.4. The van der Waals surface area contributed by atoms with Gasteiger partial charge in [-0.1, -0.05) is 12.1 Å². The third-order valence-electron chi connectivity index (χ3n) is 2.17. The first-order valence-corrected chi connectivity index (χ1v) is 5.35. The molecule has 82 valence electrons. The van der Waals surface area contributed by atoms with E-state index in [0.717, 1.165) is 5.56 Å². The summed E-state index contributed by atoms with van der Waals surface area (Å²) in [7, 11) is 0. The van der Waals surface area contributed by atoms with E-state index in [9.17, 15) is 4.39 Å². The Morgan fingerprint density at radius 2 is 1.94 bits per heavy atom. The van der Waals surface area contributed by atoms with Crippen LogP contribution in [0.4, 0.5) is 4.39 Å². The van der Waals surface area contributed by atoms with Gasteiger partial charge >= 0.3 is 0 Å². The lowest BCUT2D eigenvalue weighted by Gasteiger charge is -2.07. The predicted molar refractivity (Wildman–Crippen MR) is 60.7 cm³/mol. The van der Waals surface area contributed by atoms with Crippen LogP contribution in [0.25, 0.3) is 0 Å². The maximum atomic E-state index is 12.9. The molecule has 1 unspecified atom stereocenters. The Balaban J connectivity index is 2.11. The van der Waals surface area contributed by atoms with Crippen molar-refractivity contribution in [2.45, 2.75) is 11.8 Å². The minimum absolute atomic E-state index is 0.254. The molecule has 0 N–H and O–H groups in total. The van der Waals surface area contributed by atoms with Crippen molar-refractivity contribution in [3.8, 4) is 0 Å². The number of halogens is 2. The topological polar surface area (TPSA) is 25.8 Å². The second kappa shape index (κ2) is 5.03. The summed E-state index contributed by atoms with van der Waals surface area (Å²) in [5, 5.41) is -0.331. The average Bonchev–Trinajstić information content (AvgIpc) is 2.30. The van der Waals surface area contributed by atoms with Crippen LogP contribution in [-0.2, 0) is 6.42 Å². The molecule has 0 aliphatic rings. The predicted octanol–water partition coefficient (Wildman–Crippen LogP) is 3.14. The lowest BCUT2D eigenvalue weighted by Crippen LogP contribution is -2.01. The first-order valence-electron chi connectivity index (χ1n) is 4.91. The zero-order valence-electron chi connectivity index (χ0n) is 8.48. The van der Waals surface area contributed by atoms with Crippen LogP contribution in [0.3, 0.4) is 0 Å². The van der Waals surface area contributed by atoms with Crippen LogP contribution in [0.1, 0.15) is 16.8 Å². The Hall–Kier alpha value is -1.48. The second-order valence-corrected chi connectivity index (χ2v) is 3.94. The molecule has 4 heteroatoms. The summed E-state index contributed by atoms with van der Waals surface area (Å²) in [4.78, 5) is 8.12. The largest absolute Gasteiger partial charge is 0.240 e. The van der Waals surface area contributed by atoms with E-state index >= 15 is 0 Å². The molecule has 1 heterocycles. The summed E-state index contributed by atoms with van der Waals surface area (Å²) < 4.78 is 12.9. The van der Waals surface area contributed by atoms with E-state index in [2.05, 4.69) is 9.97 Å². The summed E-state index contributed by atoms with van der Waals surface area (Å²) >= 11 is 6.15. The number of nitrogens with zero attached hydrogens (tertiary/aromatic N) is 2. The van der Waals surface area contributed by atoms with Crippen molar-refractivity contribution in [3.05, 3.63) is 59.9 Å². The molecule has 0 fully saturated rings. The lowest BCUT2D eigenvalue weighted by molar-refractivity contribution is 0.624. The van der Waals surface area contributed by atoms with Gasteiger partial charge in [0, 0.05) is 12.4 Å². The Bertz CT molecular complexity index is 462. The number of rotatable bonds is 3. The number of benzene rings is 1. The maximum absolute atomic E-state index is 12.9. The van der Waals surface area contributed by atoms with Gasteiger partial charge in [0.05, 0.1) is 5.38 Å². The third kappa shape index (κ3) is 2.76. The van der Waals surface area contributed by atoms with Gasteiger partial charge in [-0.3, -0.25) is 0 Å². The van der Waals surface area contributed by atoms with Crippen molar-refractivity contribution in [2.24, 2.45) is 0 Å². The fraction of sp³-hybridized carbons (Fsp3) is 0.167. The van der Waals surface area contributed by atoms with Crippen LogP contribution in [0.5, 0.6) is 0 Å². The zero-order valence-corrected chi connectivity index (χ0v) is 9.23. The fourth-order valence-corrected chi connectivity index (χ4v) is 1.73. The number of hydrogen-bond donors (Lipinski definition) is 0. The molecule has 2 nitrogen and oxygen atoms in total. The van der Waals surface area contributed by atoms with Gasteiger partial charge in [-0.2, -0.15) is 0 Å². The Morgan fingerprint density at radius 1 is 1.19 bits per heavy atom. The Labute approximate surface area is 98.1 Å². The van der Waals surface area contributed by atoms with Crippen molar-refractivity contribution in [2.75, 3.05) is 0 Å². The van der Waals surface area contributed by atoms with Crippen molar-refractivity contribution in [3.63, 3.8) is 0 Å². The van der Waals surface area contributed by atoms with Crippen molar-refractivity contribution in [1.29, 1.82) is 0 Å². The van der Waals surface area contributed by atoms with Gasteiger partial charge in [0.2, 0.25) is 0 Å². The zero-order chi connectivity index (χ0) is 11.4. The quantitative estimate of drug-likeness (QED) is 0.766. The van der Waals surface area contributed by atoms with Crippen LogP contribution in [0.2, 0.25) is 0 Å². The molecule has 2 aromatic rings. The van der Waals surface area contributed by atoms with E-state index in [1.165, 1.54) is 12.1 Å². The minimum atomic E-state index is -0.331. The van der Waals surface area contributed by atoms with E-state index in [-0.39, 0.29) is 11.2 Å². The van der Waals surface area contributed by atoms with Gasteiger partial charge in [0.1, 0.15) is 11.6 Å². The monoisotopic (exact) mass is 236 g/mol. The summed E-state index contributed by atoms with van der Waals surface area (Å²) in [5.74, 6) is 0.309. The van der Waals surface area contributed by atoms with Crippen LogP contribution < -0.4 is 0 Å². The molecule has 0 aliphatic carbocycles. The Morgan fingerprint density at radius 3 is 2.62 bits per heavy atom. The molecule has 0 spiro atoms. The van der Waals surface area contributed by atoms with Gasteiger partial charge in [-0.05, 0) is 30.2 Å². The molecular weight excluding hydrogens is 227 g/mol. The molecule has 0 aliphatic heterocycles. The van der Waals surface area contributed by atoms with E-state index in [1.807, 2.05) is 6.07 Å². The fourth-order valence-electron chi connectivity index (χ4n) is 1.43. The van der Waals surface area contributed by atoms with Crippen molar-refractivity contribution < 1.29 is 4.39 Å². The lowest BCUT2D eigenvalue weighted by atomic mass is 10.1. The van der Waals surface area contributed by atoms with Crippen LogP contribution in [0, 0.1) is 5.82 Å². The van der Waals surface area contributed by atoms with Crippen LogP contribution in [0.15, 0.2) is 42.7 Å². The highest BCUT2D eigenvalue weighted by molar-refractivity contribution is 6.20. The van der Waals surface area contributed by atoms with Gasteiger partial charge in [0.15, 0.2) is 0 Å². The number of hydrogen-bond acceptors (Lipinski definition) is 2. The highest BCUT2D eigenvalue weighted by Gasteiger charge is 2.11. The third-order valence-corrected chi connectivity index (χ3v) is 2.52. The molecule has 2 rings (SSSR count). The molecule has 1 atom stereocenters. The maximum Gasteiger partial charge on any atom is 0.146 e. The van der Waals surface area contributed by atoms with E-state index in [0.29, 0.717) is 12.2 Å². The van der Waals surface area contributed by atoms with Crippen LogP contribution in [-0.4, -0.2) is 9.97 Å². The number of aromatic nitrogens is 2. The average molecular weight is 237 g/mol. The standard InChI is InChI=1S/C12H10ClFN2/c13-11(12-15-5-2-6-16-12)8-9-3-1-4-10(14)7-9/h1-7,11H,8H2. The Kier molecular flexibility index (Phi) is 3.47. The molecular formula is C12H10ClFN2. The summed E-state index contributed by atoms with van der Waals surface area (Å²) in [5.41, 5.74) is 0.840. The molecule has 0 radical (unpaired) electrons.